The van der Waals surface area contributed by atoms with Gasteiger partial charge in [-0.3, -0.25) is 0 Å². The second kappa shape index (κ2) is 4.31. The maximum Gasteiger partial charge on any atom is 0.111 e. The average Bonchev–Trinajstić information content (AvgIpc) is 2.83. The van der Waals surface area contributed by atoms with Crippen molar-refractivity contribution in [3.63, 3.8) is 0 Å². The molecule has 5 heteroatoms. The highest BCUT2D eigenvalue weighted by Crippen LogP contribution is 2.22. The van der Waals surface area contributed by atoms with E-state index in [-0.39, 0.29) is 11.0 Å². The highest BCUT2D eigenvalue weighted by atomic mass is 15.8. The molecule has 0 unspecified atom stereocenters. The number of nitrogens with zero attached hydrogens (tertiary/aromatic N) is 2. The lowest BCUT2D eigenvalue weighted by molar-refractivity contribution is 0.0539. The zero-order valence-electron chi connectivity index (χ0n) is 11.8. The minimum Gasteiger partial charge on any atom is -0.345 e. The number of nitrogens with one attached hydrogen (secondary N) is 3. The van der Waals surface area contributed by atoms with Crippen LogP contribution in [0.1, 0.15) is 46.1 Å². The van der Waals surface area contributed by atoms with Crippen molar-refractivity contribution in [1.29, 1.82) is 0 Å². The van der Waals surface area contributed by atoms with E-state index in [1.54, 1.807) is 0 Å². The molecular formula is C13H23N5. The van der Waals surface area contributed by atoms with E-state index in [2.05, 4.69) is 55.4 Å². The molecule has 18 heavy (non-hydrogen) atoms. The lowest BCUT2D eigenvalue weighted by Crippen LogP contribution is -2.54. The first-order chi connectivity index (χ1) is 8.29. The molecule has 1 aliphatic rings. The number of rotatable bonds is 3. The second-order valence-electron chi connectivity index (χ2n) is 6.42. The van der Waals surface area contributed by atoms with Gasteiger partial charge in [0.05, 0.1) is 5.54 Å². The molecule has 0 aromatic carbocycles. The Labute approximate surface area is 109 Å². The molecule has 1 aromatic rings. The Kier molecular flexibility index (Phi) is 3.11. The van der Waals surface area contributed by atoms with Crippen LogP contribution in [0.3, 0.4) is 0 Å². The van der Waals surface area contributed by atoms with E-state index in [9.17, 15) is 0 Å². The Morgan fingerprint density at radius 2 is 1.72 bits per heavy atom. The van der Waals surface area contributed by atoms with Crippen LogP contribution >= 0.6 is 0 Å². The zero-order valence-corrected chi connectivity index (χ0v) is 11.8. The normalized spacial score (nSPS) is 16.7. The molecule has 0 spiro atoms. The van der Waals surface area contributed by atoms with Gasteiger partial charge < -0.3 is 15.8 Å². The largest absolute Gasteiger partial charge is 0.345 e. The van der Waals surface area contributed by atoms with E-state index < -0.39 is 0 Å². The molecule has 1 aliphatic heterocycles. The van der Waals surface area contributed by atoms with Gasteiger partial charge >= 0.3 is 0 Å². The van der Waals surface area contributed by atoms with Crippen LogP contribution in [0.15, 0.2) is 18.6 Å². The molecule has 2 rings (SSSR count). The third-order valence-corrected chi connectivity index (χ3v) is 3.06. The van der Waals surface area contributed by atoms with Crippen LogP contribution in [-0.2, 0) is 11.8 Å². The predicted octanol–water partition coefficient (Wildman–Crippen LogP) is 1.82. The van der Waals surface area contributed by atoms with Gasteiger partial charge in [0.15, 0.2) is 0 Å². The Bertz CT molecular complexity index is 430. The van der Waals surface area contributed by atoms with Gasteiger partial charge in [-0.05, 0) is 13.8 Å². The number of imidazole rings is 1. The quantitative estimate of drug-likeness (QED) is 0.765. The first-order valence-corrected chi connectivity index (χ1v) is 6.31. The predicted molar refractivity (Wildman–Crippen MR) is 72.3 cm³/mol. The number of aromatic amines is 1. The SMILES string of the molecule is CC(C)(C)c1ncc(CC(C)(C)N2NC=CN2)[nH]1. The standard InChI is InChI=1S/C13H23N5/c1-12(2,3)11-14-9-10(17-11)8-13(4,5)18-15-6-7-16-18/h6-7,9,15-16H,8H2,1-5H3,(H,14,17). The van der Waals surface area contributed by atoms with Gasteiger partial charge in [-0.15, -0.1) is 5.12 Å². The van der Waals surface area contributed by atoms with E-state index in [1.807, 2.05) is 23.7 Å². The second-order valence-corrected chi connectivity index (χ2v) is 6.42. The smallest absolute Gasteiger partial charge is 0.111 e. The number of hydrogen-bond donors (Lipinski definition) is 3. The number of hydrazine groups is 2. The van der Waals surface area contributed by atoms with Crippen LogP contribution in [0.25, 0.3) is 0 Å². The van der Waals surface area contributed by atoms with Gasteiger partial charge in [0.1, 0.15) is 5.82 Å². The molecular weight excluding hydrogens is 226 g/mol. The van der Waals surface area contributed by atoms with Crippen molar-refractivity contribution in [2.45, 2.75) is 52.0 Å². The Balaban J connectivity index is 2.07. The van der Waals surface area contributed by atoms with Crippen molar-refractivity contribution in [2.75, 3.05) is 0 Å². The van der Waals surface area contributed by atoms with Gasteiger partial charge in [0.2, 0.25) is 0 Å². The fourth-order valence-corrected chi connectivity index (χ4v) is 1.99. The fourth-order valence-electron chi connectivity index (χ4n) is 1.99. The molecule has 0 aliphatic carbocycles. The number of hydrogen-bond acceptors (Lipinski definition) is 4. The van der Waals surface area contributed by atoms with Gasteiger partial charge in [0, 0.05) is 36.1 Å². The van der Waals surface area contributed by atoms with Gasteiger partial charge in [-0.2, -0.15) is 0 Å². The molecule has 0 bridgehead atoms. The van der Waals surface area contributed by atoms with Crippen molar-refractivity contribution < 1.29 is 0 Å². The minimum absolute atomic E-state index is 0.0504. The minimum atomic E-state index is -0.0504. The monoisotopic (exact) mass is 249 g/mol. The number of aromatic nitrogens is 2. The Morgan fingerprint density at radius 3 is 2.22 bits per heavy atom. The highest BCUT2D eigenvalue weighted by Gasteiger charge is 2.29. The van der Waals surface area contributed by atoms with Gasteiger partial charge in [-0.25, -0.2) is 4.98 Å². The molecule has 5 nitrogen and oxygen atoms in total. The maximum absolute atomic E-state index is 4.47. The first kappa shape index (κ1) is 13.0. The molecule has 0 saturated heterocycles. The van der Waals surface area contributed by atoms with Crippen LogP contribution in [0.2, 0.25) is 0 Å². The molecule has 2 heterocycles. The van der Waals surface area contributed by atoms with E-state index in [0.717, 1.165) is 17.9 Å². The summed E-state index contributed by atoms with van der Waals surface area (Å²) in [5.74, 6) is 1.04. The summed E-state index contributed by atoms with van der Waals surface area (Å²) in [6.45, 7) is 10.8. The summed E-state index contributed by atoms with van der Waals surface area (Å²) in [5, 5.41) is 1.99. The van der Waals surface area contributed by atoms with Crippen molar-refractivity contribution >= 4 is 0 Å². The molecule has 1 aromatic heterocycles. The van der Waals surface area contributed by atoms with Crippen LogP contribution in [0.5, 0.6) is 0 Å². The lowest BCUT2D eigenvalue weighted by atomic mass is 9.96. The fraction of sp³-hybridized carbons (Fsp3) is 0.615. The van der Waals surface area contributed by atoms with E-state index in [1.165, 1.54) is 0 Å². The summed E-state index contributed by atoms with van der Waals surface area (Å²) < 4.78 is 0. The first-order valence-electron chi connectivity index (χ1n) is 6.31. The van der Waals surface area contributed by atoms with E-state index in [0.29, 0.717) is 0 Å². The summed E-state index contributed by atoms with van der Waals surface area (Å²) in [6.07, 6.45) is 6.59. The third kappa shape index (κ3) is 2.67. The molecule has 0 radical (unpaired) electrons. The highest BCUT2D eigenvalue weighted by molar-refractivity contribution is 5.11. The Morgan fingerprint density at radius 1 is 1.11 bits per heavy atom. The maximum atomic E-state index is 4.47. The van der Waals surface area contributed by atoms with E-state index >= 15 is 0 Å². The number of H-pyrrole nitrogens is 1. The lowest BCUT2D eigenvalue weighted by Gasteiger charge is -2.34. The van der Waals surface area contributed by atoms with Crippen molar-refractivity contribution in [3.8, 4) is 0 Å². The van der Waals surface area contributed by atoms with Crippen LogP contribution in [0, 0.1) is 0 Å². The van der Waals surface area contributed by atoms with E-state index in [4.69, 9.17) is 0 Å². The topological polar surface area (TPSA) is 56.0 Å². The molecule has 0 atom stereocenters. The molecule has 0 amide bonds. The summed E-state index contributed by atoms with van der Waals surface area (Å²) in [7, 11) is 0. The Hall–Kier alpha value is -1.49. The van der Waals surface area contributed by atoms with Crippen LogP contribution in [0.4, 0.5) is 0 Å². The van der Waals surface area contributed by atoms with Crippen molar-refractivity contribution in [1.82, 2.24) is 25.9 Å². The van der Waals surface area contributed by atoms with Gasteiger partial charge in [-0.1, -0.05) is 20.8 Å². The van der Waals surface area contributed by atoms with Gasteiger partial charge in [0.25, 0.3) is 0 Å². The van der Waals surface area contributed by atoms with Crippen molar-refractivity contribution in [3.05, 3.63) is 30.1 Å². The summed E-state index contributed by atoms with van der Waals surface area (Å²) in [5.41, 5.74) is 7.49. The average molecular weight is 249 g/mol. The molecule has 0 fully saturated rings. The summed E-state index contributed by atoms with van der Waals surface area (Å²) in [4.78, 5) is 7.89. The van der Waals surface area contributed by atoms with Crippen molar-refractivity contribution in [2.24, 2.45) is 0 Å². The molecule has 100 valence electrons. The van der Waals surface area contributed by atoms with Crippen LogP contribution < -0.4 is 10.9 Å². The van der Waals surface area contributed by atoms with Crippen LogP contribution in [-0.4, -0.2) is 20.6 Å². The molecule has 3 N–H and O–H groups in total. The summed E-state index contributed by atoms with van der Waals surface area (Å²) >= 11 is 0. The molecule has 0 saturated carbocycles. The third-order valence-electron chi connectivity index (χ3n) is 3.06. The summed E-state index contributed by atoms with van der Waals surface area (Å²) in [6, 6.07) is 0. The zero-order chi connectivity index (χ0) is 13.4.